The lowest BCUT2D eigenvalue weighted by molar-refractivity contribution is 0.0249. The molecule has 1 N–H and O–H groups in total. The van der Waals surface area contributed by atoms with Crippen LogP contribution in [0.1, 0.15) is 31.8 Å². The first kappa shape index (κ1) is 16.8. The van der Waals surface area contributed by atoms with Crippen molar-refractivity contribution in [2.24, 2.45) is 5.92 Å². The number of nitrogens with zero attached hydrogens (tertiary/aromatic N) is 2. The summed E-state index contributed by atoms with van der Waals surface area (Å²) < 4.78 is 42.2. The Labute approximate surface area is 155 Å². The fourth-order valence-corrected chi connectivity index (χ4v) is 4.11. The highest BCUT2D eigenvalue weighted by molar-refractivity contribution is 6.28. The summed E-state index contributed by atoms with van der Waals surface area (Å²) in [7, 11) is 0. The second-order valence-electron chi connectivity index (χ2n) is 6.63. The molecule has 8 heteroatoms. The van der Waals surface area contributed by atoms with E-state index in [0.29, 0.717) is 0 Å². The maximum atomic E-state index is 14.3. The van der Waals surface area contributed by atoms with E-state index in [0.717, 1.165) is 0 Å². The minimum Gasteiger partial charge on any atom is -0.379 e. The van der Waals surface area contributed by atoms with E-state index < -0.39 is 51.7 Å². The van der Waals surface area contributed by atoms with Gasteiger partial charge in [0, 0.05) is 29.6 Å². The van der Waals surface area contributed by atoms with Gasteiger partial charge in [-0.15, -0.1) is 0 Å². The molecule has 3 aromatic rings. The first-order valence-electron chi connectivity index (χ1n) is 8.27. The number of aliphatic hydroxyl groups is 1. The maximum absolute atomic E-state index is 14.3. The van der Waals surface area contributed by atoms with E-state index in [9.17, 15) is 27.9 Å². The number of carbonyl (C=O) groups is 2. The number of halogens is 3. The largest absolute Gasteiger partial charge is 0.379 e. The molecular formula is C20H9F3N2O3. The number of fused-ring (bicyclic) bond motifs is 4. The number of rotatable bonds is 1. The van der Waals surface area contributed by atoms with Gasteiger partial charge in [0.25, 0.3) is 0 Å². The molecule has 0 fully saturated rings. The Morgan fingerprint density at radius 1 is 0.857 bits per heavy atom. The number of hydrogen-bond acceptors (Lipinski definition) is 5. The van der Waals surface area contributed by atoms with Crippen molar-refractivity contribution in [2.45, 2.75) is 5.60 Å². The van der Waals surface area contributed by atoms with Crippen LogP contribution in [-0.4, -0.2) is 26.6 Å². The molecule has 5 rings (SSSR count). The van der Waals surface area contributed by atoms with Crippen molar-refractivity contribution in [3.63, 3.8) is 0 Å². The van der Waals surface area contributed by atoms with Crippen molar-refractivity contribution in [2.75, 3.05) is 0 Å². The molecule has 2 aromatic heterocycles. The number of benzene rings is 1. The third kappa shape index (κ3) is 1.80. The van der Waals surface area contributed by atoms with Crippen LogP contribution >= 0.6 is 0 Å². The van der Waals surface area contributed by atoms with Gasteiger partial charge in [-0.05, 0) is 12.1 Å². The van der Waals surface area contributed by atoms with E-state index in [2.05, 4.69) is 9.97 Å². The zero-order chi connectivity index (χ0) is 19.8. The zero-order valence-electron chi connectivity index (χ0n) is 13.9. The summed E-state index contributed by atoms with van der Waals surface area (Å²) in [4.78, 5) is 34.2. The van der Waals surface area contributed by atoms with Crippen LogP contribution in [0.4, 0.5) is 13.2 Å². The topological polar surface area (TPSA) is 80.2 Å². The van der Waals surface area contributed by atoms with Crippen molar-refractivity contribution in [1.29, 1.82) is 0 Å². The van der Waals surface area contributed by atoms with E-state index in [1.54, 1.807) is 0 Å². The Morgan fingerprint density at radius 3 is 1.96 bits per heavy atom. The predicted octanol–water partition coefficient (Wildman–Crippen LogP) is 2.81. The molecule has 2 heterocycles. The smallest absolute Gasteiger partial charge is 0.181 e. The van der Waals surface area contributed by atoms with Crippen molar-refractivity contribution in [1.82, 2.24) is 9.97 Å². The third-order valence-corrected chi connectivity index (χ3v) is 5.27. The SMILES string of the molecule is O=C1c2c(F)cc(F)c(F)c2C(=O)C1C1(O)c2cccnc2-c2ncccc21. The van der Waals surface area contributed by atoms with Gasteiger partial charge < -0.3 is 5.11 Å². The molecule has 0 amide bonds. The van der Waals surface area contributed by atoms with Gasteiger partial charge in [0.15, 0.2) is 23.2 Å². The molecule has 1 atom stereocenters. The van der Waals surface area contributed by atoms with Gasteiger partial charge >= 0.3 is 0 Å². The van der Waals surface area contributed by atoms with Gasteiger partial charge in [-0.25, -0.2) is 13.2 Å². The molecule has 5 nitrogen and oxygen atoms in total. The van der Waals surface area contributed by atoms with Crippen LogP contribution < -0.4 is 0 Å². The Hall–Kier alpha value is -3.39. The lowest BCUT2D eigenvalue weighted by Gasteiger charge is -2.29. The summed E-state index contributed by atoms with van der Waals surface area (Å²) in [5, 5.41) is 11.6. The second-order valence-corrected chi connectivity index (χ2v) is 6.63. The highest BCUT2D eigenvalue weighted by Crippen LogP contribution is 2.53. The number of hydrogen-bond donors (Lipinski definition) is 1. The van der Waals surface area contributed by atoms with E-state index in [-0.39, 0.29) is 28.6 Å². The van der Waals surface area contributed by atoms with Crippen LogP contribution in [-0.2, 0) is 5.60 Å². The van der Waals surface area contributed by atoms with Crippen molar-refractivity contribution in [3.05, 3.63) is 82.4 Å². The van der Waals surface area contributed by atoms with Gasteiger partial charge in [0.05, 0.1) is 22.5 Å². The fourth-order valence-electron chi connectivity index (χ4n) is 4.11. The normalized spacial score (nSPS) is 18.8. The molecule has 138 valence electrons. The van der Waals surface area contributed by atoms with Crippen LogP contribution in [0.3, 0.4) is 0 Å². The van der Waals surface area contributed by atoms with Crippen LogP contribution in [0.5, 0.6) is 0 Å². The summed E-state index contributed by atoms with van der Waals surface area (Å²) in [6.07, 6.45) is 2.90. The molecule has 1 aromatic carbocycles. The Kier molecular flexibility index (Phi) is 3.19. The monoisotopic (exact) mass is 382 g/mol. The number of carbonyl (C=O) groups excluding carboxylic acids is 2. The molecule has 2 aliphatic carbocycles. The predicted molar refractivity (Wildman–Crippen MR) is 88.9 cm³/mol. The van der Waals surface area contributed by atoms with Crippen molar-refractivity contribution in [3.8, 4) is 11.4 Å². The number of pyridine rings is 2. The average molecular weight is 382 g/mol. The Balaban J connectivity index is 1.81. The van der Waals surface area contributed by atoms with Gasteiger partial charge in [-0.2, -0.15) is 0 Å². The van der Waals surface area contributed by atoms with Crippen LogP contribution in [0.25, 0.3) is 11.4 Å². The summed E-state index contributed by atoms with van der Waals surface area (Å²) in [5.41, 5.74) is -3.34. The number of aromatic nitrogens is 2. The average Bonchev–Trinajstić information content (AvgIpc) is 3.10. The lowest BCUT2D eigenvalue weighted by atomic mass is 9.77. The molecule has 0 radical (unpaired) electrons. The Bertz CT molecular complexity index is 1180. The molecule has 0 spiro atoms. The maximum Gasteiger partial charge on any atom is 0.181 e. The van der Waals surface area contributed by atoms with Gasteiger partial charge in [-0.1, -0.05) is 12.1 Å². The van der Waals surface area contributed by atoms with E-state index in [4.69, 9.17) is 0 Å². The Morgan fingerprint density at radius 2 is 1.39 bits per heavy atom. The molecule has 28 heavy (non-hydrogen) atoms. The number of Topliss-reactive ketones (excluding diaryl/α,β-unsaturated/α-hetero) is 2. The molecule has 0 bridgehead atoms. The molecule has 1 unspecified atom stereocenters. The van der Waals surface area contributed by atoms with Crippen molar-refractivity contribution >= 4 is 11.6 Å². The molecule has 0 saturated heterocycles. The summed E-state index contributed by atoms with van der Waals surface area (Å²) in [6, 6.07) is 6.12. The van der Waals surface area contributed by atoms with Crippen molar-refractivity contribution < 1.29 is 27.9 Å². The van der Waals surface area contributed by atoms with E-state index in [1.807, 2.05) is 0 Å². The van der Waals surface area contributed by atoms with E-state index in [1.165, 1.54) is 36.7 Å². The summed E-state index contributed by atoms with van der Waals surface area (Å²) in [6.45, 7) is 0. The highest BCUT2D eigenvalue weighted by atomic mass is 19.2. The minimum atomic E-state index is -2.24. The van der Waals surface area contributed by atoms with Crippen LogP contribution in [0.15, 0.2) is 42.7 Å². The highest BCUT2D eigenvalue weighted by Gasteiger charge is 2.59. The molecule has 0 saturated carbocycles. The minimum absolute atomic E-state index is 0.115. The van der Waals surface area contributed by atoms with Gasteiger partial charge in [0.1, 0.15) is 17.3 Å². The molecule has 2 aliphatic rings. The third-order valence-electron chi connectivity index (χ3n) is 5.27. The molecule has 0 aliphatic heterocycles. The zero-order valence-corrected chi connectivity index (χ0v) is 13.9. The molecular weight excluding hydrogens is 373 g/mol. The lowest BCUT2D eigenvalue weighted by Crippen LogP contribution is -2.41. The quantitative estimate of drug-likeness (QED) is 0.517. The van der Waals surface area contributed by atoms with Crippen LogP contribution in [0, 0.1) is 23.4 Å². The standard InChI is InChI=1S/C20H9F3N2O3/c21-10-7-11(22)15(23)13-12(10)18(26)14(19(13)27)20(28)8-3-1-5-24-16(8)17-9(20)4-2-6-25-17/h1-7,14,28H. The van der Waals surface area contributed by atoms with Gasteiger partial charge in [-0.3, -0.25) is 19.6 Å². The fraction of sp³-hybridized carbons (Fsp3) is 0.100. The second kappa shape index (κ2) is 5.32. The summed E-state index contributed by atoms with van der Waals surface area (Å²) in [5.74, 6) is -8.75. The number of ketones is 2. The van der Waals surface area contributed by atoms with Crippen LogP contribution in [0.2, 0.25) is 0 Å². The van der Waals surface area contributed by atoms with E-state index >= 15 is 0 Å². The summed E-state index contributed by atoms with van der Waals surface area (Å²) >= 11 is 0. The van der Waals surface area contributed by atoms with Gasteiger partial charge in [0.2, 0.25) is 0 Å². The first-order valence-corrected chi connectivity index (χ1v) is 8.27. The first-order chi connectivity index (χ1) is 13.4.